The molecule has 0 saturated heterocycles. The van der Waals surface area contributed by atoms with Crippen LogP contribution in [0.4, 0.5) is 8.78 Å². The van der Waals surface area contributed by atoms with Crippen LogP contribution in [0.15, 0.2) is 30.5 Å². The first-order chi connectivity index (χ1) is 8.69. The standard InChI is InChI=1S/C12H11BrF2N2O/c1-18-10-5-3-2-4-9(10)17-11(12(14)15)8(6-13)7-16-17/h2-5,7,12H,6H2,1H3. The molecule has 0 saturated carbocycles. The number of halogens is 3. The first-order valence-corrected chi connectivity index (χ1v) is 6.35. The molecule has 2 rings (SSSR count). The van der Waals surface area contributed by atoms with Crippen LogP contribution >= 0.6 is 15.9 Å². The lowest BCUT2D eigenvalue weighted by Gasteiger charge is -2.11. The van der Waals surface area contributed by atoms with Crippen LogP contribution in [0.3, 0.4) is 0 Å². The number of aromatic nitrogens is 2. The van der Waals surface area contributed by atoms with E-state index in [4.69, 9.17) is 4.74 Å². The Balaban J connectivity index is 2.60. The summed E-state index contributed by atoms with van der Waals surface area (Å²) in [4.78, 5) is 0. The van der Waals surface area contributed by atoms with Crippen molar-refractivity contribution in [3.8, 4) is 11.4 Å². The van der Waals surface area contributed by atoms with Gasteiger partial charge in [-0.1, -0.05) is 28.1 Å². The molecule has 0 atom stereocenters. The molecule has 96 valence electrons. The van der Waals surface area contributed by atoms with Crippen molar-refractivity contribution in [3.05, 3.63) is 41.7 Å². The summed E-state index contributed by atoms with van der Waals surface area (Å²) in [5.41, 5.74) is 0.856. The molecule has 0 spiro atoms. The van der Waals surface area contributed by atoms with E-state index >= 15 is 0 Å². The summed E-state index contributed by atoms with van der Waals surface area (Å²) in [6.07, 6.45) is -1.16. The number of nitrogens with zero attached hydrogens (tertiary/aromatic N) is 2. The lowest BCUT2D eigenvalue weighted by Crippen LogP contribution is -2.05. The Labute approximate surface area is 112 Å². The summed E-state index contributed by atoms with van der Waals surface area (Å²) in [6.45, 7) is 0. The normalized spacial score (nSPS) is 10.9. The minimum atomic E-state index is -2.59. The fraction of sp³-hybridized carbons (Fsp3) is 0.250. The quantitative estimate of drug-likeness (QED) is 0.804. The number of hydrogen-bond acceptors (Lipinski definition) is 2. The highest BCUT2D eigenvalue weighted by atomic mass is 79.9. The summed E-state index contributed by atoms with van der Waals surface area (Å²) in [7, 11) is 1.50. The second-order valence-corrected chi connectivity index (χ2v) is 4.13. The number of benzene rings is 1. The number of methoxy groups -OCH3 is 1. The van der Waals surface area contributed by atoms with Crippen LogP contribution in [0.5, 0.6) is 5.75 Å². The average Bonchev–Trinajstić information content (AvgIpc) is 2.82. The number of rotatable bonds is 4. The number of ether oxygens (including phenoxy) is 1. The van der Waals surface area contributed by atoms with Gasteiger partial charge in [0.05, 0.1) is 13.3 Å². The van der Waals surface area contributed by atoms with Crippen molar-refractivity contribution >= 4 is 15.9 Å². The van der Waals surface area contributed by atoms with Gasteiger partial charge in [0, 0.05) is 10.9 Å². The third-order valence-corrected chi connectivity index (χ3v) is 3.15. The summed E-state index contributed by atoms with van der Waals surface area (Å²) < 4.78 is 32.6. The van der Waals surface area contributed by atoms with Crippen LogP contribution < -0.4 is 4.74 Å². The maximum atomic E-state index is 13.1. The van der Waals surface area contributed by atoms with Gasteiger partial charge in [-0.25, -0.2) is 13.5 Å². The predicted molar refractivity (Wildman–Crippen MR) is 67.7 cm³/mol. The molecule has 0 aliphatic rings. The molecule has 0 radical (unpaired) electrons. The lowest BCUT2D eigenvalue weighted by molar-refractivity contribution is 0.142. The van der Waals surface area contributed by atoms with Crippen molar-refractivity contribution in [2.45, 2.75) is 11.8 Å². The fourth-order valence-electron chi connectivity index (χ4n) is 1.72. The molecule has 2 aromatic rings. The van der Waals surface area contributed by atoms with Crippen molar-refractivity contribution in [2.24, 2.45) is 0 Å². The molecule has 0 amide bonds. The molecule has 0 aliphatic heterocycles. The van der Waals surface area contributed by atoms with E-state index in [0.717, 1.165) is 0 Å². The first kappa shape index (κ1) is 13.0. The van der Waals surface area contributed by atoms with Gasteiger partial charge in [-0.05, 0) is 12.1 Å². The molecule has 6 heteroatoms. The Hall–Kier alpha value is -1.43. The molecule has 1 aromatic heterocycles. The zero-order valence-corrected chi connectivity index (χ0v) is 11.2. The third-order valence-electron chi connectivity index (χ3n) is 2.55. The van der Waals surface area contributed by atoms with Crippen molar-refractivity contribution in [3.63, 3.8) is 0 Å². The van der Waals surface area contributed by atoms with E-state index in [-0.39, 0.29) is 5.69 Å². The largest absolute Gasteiger partial charge is 0.494 e. The molecule has 18 heavy (non-hydrogen) atoms. The highest BCUT2D eigenvalue weighted by Gasteiger charge is 2.21. The molecular formula is C12H11BrF2N2O. The van der Waals surface area contributed by atoms with Gasteiger partial charge < -0.3 is 4.74 Å². The number of para-hydroxylation sites is 2. The zero-order valence-electron chi connectivity index (χ0n) is 9.61. The van der Waals surface area contributed by atoms with E-state index in [0.29, 0.717) is 22.3 Å². The third kappa shape index (κ3) is 2.25. The van der Waals surface area contributed by atoms with Gasteiger partial charge in [0.2, 0.25) is 0 Å². The first-order valence-electron chi connectivity index (χ1n) is 5.23. The molecule has 0 fully saturated rings. The summed E-state index contributed by atoms with van der Waals surface area (Å²) in [5.74, 6) is 0.503. The van der Waals surface area contributed by atoms with E-state index in [9.17, 15) is 8.78 Å². The van der Waals surface area contributed by atoms with E-state index in [1.807, 2.05) is 0 Å². The molecule has 1 heterocycles. The van der Waals surface area contributed by atoms with Crippen molar-refractivity contribution in [1.82, 2.24) is 9.78 Å². The lowest BCUT2D eigenvalue weighted by atomic mass is 10.2. The molecule has 0 aliphatic carbocycles. The Morgan fingerprint density at radius 2 is 2.11 bits per heavy atom. The molecular weight excluding hydrogens is 306 g/mol. The maximum Gasteiger partial charge on any atom is 0.280 e. The smallest absolute Gasteiger partial charge is 0.280 e. The van der Waals surface area contributed by atoms with Gasteiger partial charge in [-0.2, -0.15) is 5.10 Å². The summed E-state index contributed by atoms with van der Waals surface area (Å²) >= 11 is 3.18. The minimum absolute atomic E-state index is 0.114. The van der Waals surface area contributed by atoms with Crippen LogP contribution in [0.2, 0.25) is 0 Å². The van der Waals surface area contributed by atoms with Gasteiger partial charge in [0.25, 0.3) is 6.43 Å². The van der Waals surface area contributed by atoms with Crippen molar-refractivity contribution in [2.75, 3.05) is 7.11 Å². The Morgan fingerprint density at radius 3 is 2.72 bits per heavy atom. The van der Waals surface area contributed by atoms with Gasteiger partial charge in [0.15, 0.2) is 0 Å². The van der Waals surface area contributed by atoms with Crippen molar-refractivity contribution < 1.29 is 13.5 Å². The van der Waals surface area contributed by atoms with Gasteiger partial charge >= 0.3 is 0 Å². The summed E-state index contributed by atoms with van der Waals surface area (Å²) in [6, 6.07) is 6.93. The van der Waals surface area contributed by atoms with E-state index in [1.165, 1.54) is 18.0 Å². The number of alkyl halides is 3. The molecule has 0 unspecified atom stereocenters. The number of hydrogen-bond donors (Lipinski definition) is 0. The Bertz CT molecular complexity index is 543. The minimum Gasteiger partial charge on any atom is -0.494 e. The van der Waals surface area contributed by atoms with E-state index < -0.39 is 6.43 Å². The second-order valence-electron chi connectivity index (χ2n) is 3.57. The molecule has 3 nitrogen and oxygen atoms in total. The summed E-state index contributed by atoms with van der Waals surface area (Å²) in [5, 5.41) is 4.35. The monoisotopic (exact) mass is 316 g/mol. The SMILES string of the molecule is COc1ccccc1-n1ncc(CBr)c1C(F)F. The molecule has 0 N–H and O–H groups in total. The highest BCUT2D eigenvalue weighted by Crippen LogP contribution is 2.30. The fourth-order valence-corrected chi connectivity index (χ4v) is 2.16. The van der Waals surface area contributed by atoms with Crippen LogP contribution in [0.1, 0.15) is 17.7 Å². The van der Waals surface area contributed by atoms with E-state index in [2.05, 4.69) is 21.0 Å². The zero-order chi connectivity index (χ0) is 13.1. The maximum absolute atomic E-state index is 13.1. The molecule has 1 aromatic carbocycles. The second kappa shape index (κ2) is 5.48. The molecule has 0 bridgehead atoms. The Kier molecular flexibility index (Phi) is 3.96. The Morgan fingerprint density at radius 1 is 1.39 bits per heavy atom. The van der Waals surface area contributed by atoms with Gasteiger partial charge in [-0.15, -0.1) is 0 Å². The van der Waals surface area contributed by atoms with E-state index in [1.54, 1.807) is 24.3 Å². The predicted octanol–water partition coefficient (Wildman–Crippen LogP) is 3.71. The topological polar surface area (TPSA) is 27.1 Å². The van der Waals surface area contributed by atoms with Crippen molar-refractivity contribution in [1.29, 1.82) is 0 Å². The van der Waals surface area contributed by atoms with Crippen LogP contribution in [-0.2, 0) is 5.33 Å². The van der Waals surface area contributed by atoms with Crippen LogP contribution in [0.25, 0.3) is 5.69 Å². The van der Waals surface area contributed by atoms with Gasteiger partial charge in [0.1, 0.15) is 17.1 Å². The van der Waals surface area contributed by atoms with Crippen LogP contribution in [0, 0.1) is 0 Å². The highest BCUT2D eigenvalue weighted by molar-refractivity contribution is 9.08. The average molecular weight is 317 g/mol. The van der Waals surface area contributed by atoms with Gasteiger partial charge in [-0.3, -0.25) is 0 Å². The van der Waals surface area contributed by atoms with Crippen LogP contribution in [-0.4, -0.2) is 16.9 Å².